The zero-order chi connectivity index (χ0) is 13.5. The number of carbonyl (C=O) groups excluding carboxylic acids is 2. The smallest absolute Gasteiger partial charge is 0.313 e. The van der Waals surface area contributed by atoms with Crippen LogP contribution in [0.3, 0.4) is 0 Å². The van der Waals surface area contributed by atoms with E-state index in [2.05, 4.69) is 13.0 Å². The van der Waals surface area contributed by atoms with E-state index in [0.717, 1.165) is 4.90 Å². The number of aryl methyl sites for hydroxylation is 2. The minimum atomic E-state index is -0.441. The Balaban J connectivity index is 2.42. The van der Waals surface area contributed by atoms with Crippen LogP contribution in [0.5, 0.6) is 0 Å². The van der Waals surface area contributed by atoms with E-state index in [1.807, 2.05) is 19.1 Å². The van der Waals surface area contributed by atoms with Crippen LogP contribution in [0.25, 0.3) is 0 Å². The van der Waals surface area contributed by atoms with Gasteiger partial charge in [-0.1, -0.05) is 6.07 Å². The fourth-order valence-electron chi connectivity index (χ4n) is 1.39. The Hall–Kier alpha value is -1.29. The van der Waals surface area contributed by atoms with Crippen molar-refractivity contribution in [2.45, 2.75) is 32.1 Å². The second-order valence-electron chi connectivity index (χ2n) is 4.06. The number of rotatable bonds is 6. The quantitative estimate of drug-likeness (QED) is 0.451. The molecular weight excluding hydrogens is 248 g/mol. The van der Waals surface area contributed by atoms with Crippen LogP contribution in [0.4, 0.5) is 0 Å². The van der Waals surface area contributed by atoms with Gasteiger partial charge in [-0.05, 0) is 44.0 Å². The predicted molar refractivity (Wildman–Crippen MR) is 72.9 cm³/mol. The second kappa shape index (κ2) is 7.21. The van der Waals surface area contributed by atoms with Gasteiger partial charge >= 0.3 is 5.97 Å². The van der Waals surface area contributed by atoms with E-state index >= 15 is 0 Å². The van der Waals surface area contributed by atoms with Gasteiger partial charge in [0.2, 0.25) is 0 Å². The van der Waals surface area contributed by atoms with Crippen molar-refractivity contribution in [1.29, 1.82) is 0 Å². The van der Waals surface area contributed by atoms with Gasteiger partial charge in [0.05, 0.1) is 12.4 Å². The summed E-state index contributed by atoms with van der Waals surface area (Å²) in [5, 5.41) is 0. The number of esters is 1. The predicted octanol–water partition coefficient (Wildman–Crippen LogP) is 2.92. The number of thioether (sulfide) groups is 1. The first-order valence-corrected chi connectivity index (χ1v) is 6.89. The summed E-state index contributed by atoms with van der Waals surface area (Å²) in [7, 11) is 0. The van der Waals surface area contributed by atoms with Crippen molar-refractivity contribution in [3.05, 3.63) is 29.3 Å². The fourth-order valence-corrected chi connectivity index (χ4v) is 2.25. The van der Waals surface area contributed by atoms with Crippen molar-refractivity contribution < 1.29 is 14.3 Å². The van der Waals surface area contributed by atoms with Crippen molar-refractivity contribution in [3.8, 4) is 0 Å². The Kier molecular flexibility index (Phi) is 5.92. The van der Waals surface area contributed by atoms with Crippen LogP contribution in [-0.2, 0) is 14.3 Å². The van der Waals surface area contributed by atoms with Crippen molar-refractivity contribution in [3.63, 3.8) is 0 Å². The van der Waals surface area contributed by atoms with Gasteiger partial charge in [-0.15, -0.1) is 11.8 Å². The van der Waals surface area contributed by atoms with Gasteiger partial charge < -0.3 is 4.74 Å². The van der Waals surface area contributed by atoms with Crippen LogP contribution in [0.15, 0.2) is 23.1 Å². The molecule has 0 heterocycles. The third kappa shape index (κ3) is 4.92. The zero-order valence-corrected chi connectivity index (χ0v) is 11.8. The standard InChI is InChI=1S/C14H18O3S/c1-4-17-14(16)8-12(15)9-18-13-6-5-10(2)11(3)7-13/h5-7H,4,8-9H2,1-3H3. The molecule has 18 heavy (non-hydrogen) atoms. The molecule has 0 radical (unpaired) electrons. The highest BCUT2D eigenvalue weighted by atomic mass is 32.2. The number of Topliss-reactive ketones (excluding diaryl/α,β-unsaturated/α-hetero) is 1. The lowest BCUT2D eigenvalue weighted by molar-refractivity contribution is -0.145. The van der Waals surface area contributed by atoms with Crippen LogP contribution < -0.4 is 0 Å². The van der Waals surface area contributed by atoms with Gasteiger partial charge in [0.15, 0.2) is 5.78 Å². The lowest BCUT2D eigenvalue weighted by Crippen LogP contribution is -2.12. The summed E-state index contributed by atoms with van der Waals surface area (Å²) in [6.45, 7) is 6.14. The molecule has 3 nitrogen and oxygen atoms in total. The van der Waals surface area contributed by atoms with Gasteiger partial charge in [0.1, 0.15) is 6.42 Å². The maximum atomic E-state index is 11.5. The largest absolute Gasteiger partial charge is 0.466 e. The maximum Gasteiger partial charge on any atom is 0.313 e. The molecule has 0 N–H and O–H groups in total. The summed E-state index contributed by atoms with van der Waals surface area (Å²) in [6.07, 6.45) is -0.133. The highest BCUT2D eigenvalue weighted by Gasteiger charge is 2.10. The van der Waals surface area contributed by atoms with Crippen LogP contribution in [0.2, 0.25) is 0 Å². The first-order valence-electron chi connectivity index (χ1n) is 5.90. The minimum absolute atomic E-state index is 0.100. The molecule has 0 atom stereocenters. The molecule has 98 valence electrons. The topological polar surface area (TPSA) is 43.4 Å². The Bertz CT molecular complexity index is 441. The molecule has 4 heteroatoms. The lowest BCUT2D eigenvalue weighted by atomic mass is 10.1. The fraction of sp³-hybridized carbons (Fsp3) is 0.429. The molecule has 0 spiro atoms. The third-order valence-corrected chi connectivity index (χ3v) is 3.58. The molecule has 0 unspecified atom stereocenters. The van der Waals surface area contributed by atoms with Gasteiger partial charge in [0.25, 0.3) is 0 Å². The Morgan fingerprint density at radius 1 is 1.22 bits per heavy atom. The first kappa shape index (κ1) is 14.8. The molecule has 1 rings (SSSR count). The van der Waals surface area contributed by atoms with Gasteiger partial charge in [-0.25, -0.2) is 0 Å². The first-order chi connectivity index (χ1) is 8.52. The number of benzene rings is 1. The molecule has 0 aliphatic heterocycles. The third-order valence-electron chi connectivity index (χ3n) is 2.53. The molecule has 0 aliphatic carbocycles. The van der Waals surface area contributed by atoms with Crippen molar-refractivity contribution in [2.75, 3.05) is 12.4 Å². The molecule has 0 bridgehead atoms. The average Bonchev–Trinajstić information content (AvgIpc) is 2.31. The van der Waals surface area contributed by atoms with Crippen LogP contribution in [0.1, 0.15) is 24.5 Å². The van der Waals surface area contributed by atoms with E-state index < -0.39 is 5.97 Å². The number of hydrogen-bond donors (Lipinski definition) is 0. The number of hydrogen-bond acceptors (Lipinski definition) is 4. The van der Waals surface area contributed by atoms with E-state index in [0.29, 0.717) is 12.4 Å². The molecule has 0 saturated heterocycles. The molecule has 0 fully saturated rings. The highest BCUT2D eigenvalue weighted by molar-refractivity contribution is 8.00. The summed E-state index contributed by atoms with van der Waals surface area (Å²) in [5.41, 5.74) is 2.44. The van der Waals surface area contributed by atoms with E-state index in [-0.39, 0.29) is 12.2 Å². The highest BCUT2D eigenvalue weighted by Crippen LogP contribution is 2.21. The van der Waals surface area contributed by atoms with Gasteiger partial charge in [0, 0.05) is 4.90 Å². The lowest BCUT2D eigenvalue weighted by Gasteiger charge is -2.05. The number of ether oxygens (including phenoxy) is 1. The summed E-state index contributed by atoms with van der Waals surface area (Å²) in [6, 6.07) is 6.08. The average molecular weight is 266 g/mol. The zero-order valence-electron chi connectivity index (χ0n) is 11.0. The molecule has 0 saturated carbocycles. The normalized spacial score (nSPS) is 10.2. The van der Waals surface area contributed by atoms with Crippen LogP contribution >= 0.6 is 11.8 Å². The number of ketones is 1. The Morgan fingerprint density at radius 3 is 2.56 bits per heavy atom. The van der Waals surface area contributed by atoms with Gasteiger partial charge in [-0.3, -0.25) is 9.59 Å². The summed E-state index contributed by atoms with van der Waals surface area (Å²) >= 11 is 1.45. The molecule has 1 aromatic carbocycles. The second-order valence-corrected chi connectivity index (χ2v) is 5.10. The molecular formula is C14H18O3S. The van der Waals surface area contributed by atoms with Crippen molar-refractivity contribution >= 4 is 23.5 Å². The molecule has 0 aromatic heterocycles. The van der Waals surface area contributed by atoms with E-state index in [4.69, 9.17) is 4.74 Å². The SMILES string of the molecule is CCOC(=O)CC(=O)CSc1ccc(C)c(C)c1. The van der Waals surface area contributed by atoms with Crippen LogP contribution in [0, 0.1) is 13.8 Å². The molecule has 0 amide bonds. The van der Waals surface area contributed by atoms with Crippen LogP contribution in [-0.4, -0.2) is 24.1 Å². The van der Waals surface area contributed by atoms with E-state index in [1.165, 1.54) is 22.9 Å². The summed E-state index contributed by atoms with van der Waals surface area (Å²) < 4.78 is 4.73. The molecule has 0 aliphatic rings. The Morgan fingerprint density at radius 2 is 1.94 bits per heavy atom. The minimum Gasteiger partial charge on any atom is -0.466 e. The van der Waals surface area contributed by atoms with E-state index in [1.54, 1.807) is 6.92 Å². The van der Waals surface area contributed by atoms with Crippen molar-refractivity contribution in [2.24, 2.45) is 0 Å². The summed E-state index contributed by atoms with van der Waals surface area (Å²) in [5.74, 6) is -0.235. The Labute approximate surface area is 112 Å². The maximum absolute atomic E-state index is 11.5. The molecule has 1 aromatic rings. The van der Waals surface area contributed by atoms with Crippen molar-refractivity contribution in [1.82, 2.24) is 0 Å². The monoisotopic (exact) mass is 266 g/mol. The van der Waals surface area contributed by atoms with E-state index in [9.17, 15) is 9.59 Å². The summed E-state index contributed by atoms with van der Waals surface area (Å²) in [4.78, 5) is 23.7. The van der Waals surface area contributed by atoms with Gasteiger partial charge in [-0.2, -0.15) is 0 Å². The number of carbonyl (C=O) groups is 2.